The second-order valence-electron chi connectivity index (χ2n) is 4.11. The Morgan fingerprint density at radius 3 is 3.00 bits per heavy atom. The van der Waals surface area contributed by atoms with Gasteiger partial charge in [0.2, 0.25) is 0 Å². The number of nitrogens with one attached hydrogen (secondary N) is 2. The molecule has 1 aromatic rings. The molecule has 14 heavy (non-hydrogen) atoms. The zero-order valence-electron chi connectivity index (χ0n) is 8.84. The summed E-state index contributed by atoms with van der Waals surface area (Å²) in [7, 11) is 1.98. The van der Waals surface area contributed by atoms with Gasteiger partial charge in [-0.2, -0.15) is 0 Å². The molecule has 3 heteroatoms. The Hall–Kier alpha value is -0.800. The van der Waals surface area contributed by atoms with E-state index >= 15 is 0 Å². The average molecular weight is 194 g/mol. The smallest absolute Gasteiger partial charge is 0.0863 e. The van der Waals surface area contributed by atoms with Gasteiger partial charge in [0.05, 0.1) is 11.6 Å². The highest BCUT2D eigenvalue weighted by atomic mass is 16.5. The van der Waals surface area contributed by atoms with Crippen molar-refractivity contribution in [3.8, 4) is 0 Å². The molecule has 78 valence electrons. The van der Waals surface area contributed by atoms with Crippen molar-refractivity contribution in [2.45, 2.75) is 31.4 Å². The van der Waals surface area contributed by atoms with Gasteiger partial charge in [-0.25, -0.2) is 0 Å². The van der Waals surface area contributed by atoms with Crippen LogP contribution >= 0.6 is 0 Å². The monoisotopic (exact) mass is 194 g/mol. The van der Waals surface area contributed by atoms with Crippen molar-refractivity contribution in [3.05, 3.63) is 24.0 Å². The maximum Gasteiger partial charge on any atom is 0.0863 e. The van der Waals surface area contributed by atoms with Crippen LogP contribution in [0.15, 0.2) is 18.3 Å². The lowest BCUT2D eigenvalue weighted by molar-refractivity contribution is -0.0114. The molecule has 2 unspecified atom stereocenters. The number of H-pyrrole nitrogens is 1. The summed E-state index contributed by atoms with van der Waals surface area (Å²) in [6.07, 6.45) is 4.24. The van der Waals surface area contributed by atoms with Crippen LogP contribution in [0.4, 0.5) is 0 Å². The van der Waals surface area contributed by atoms with Crippen molar-refractivity contribution in [1.82, 2.24) is 10.3 Å². The number of aromatic nitrogens is 1. The lowest BCUT2D eigenvalue weighted by atomic mass is 9.91. The van der Waals surface area contributed by atoms with Crippen LogP contribution in [0.25, 0.3) is 0 Å². The van der Waals surface area contributed by atoms with Gasteiger partial charge in [-0.3, -0.25) is 0 Å². The summed E-state index contributed by atoms with van der Waals surface area (Å²) in [5.74, 6) is 0. The number of aromatic amines is 1. The molecule has 1 saturated heterocycles. The summed E-state index contributed by atoms with van der Waals surface area (Å²) < 4.78 is 5.83. The lowest BCUT2D eigenvalue weighted by Gasteiger charge is -2.32. The van der Waals surface area contributed by atoms with Gasteiger partial charge in [-0.05, 0) is 38.9 Å². The summed E-state index contributed by atoms with van der Waals surface area (Å²) in [5, 5.41) is 3.33. The molecule has 1 aromatic heterocycles. The molecule has 0 saturated carbocycles. The fraction of sp³-hybridized carbons (Fsp3) is 0.636. The van der Waals surface area contributed by atoms with E-state index in [-0.39, 0.29) is 11.6 Å². The SMILES string of the molecule is CNC(c1ccc[nH]1)C1(C)CCCO1. The fourth-order valence-electron chi connectivity index (χ4n) is 2.34. The molecule has 2 atom stereocenters. The third-order valence-corrected chi connectivity index (χ3v) is 3.08. The van der Waals surface area contributed by atoms with E-state index in [0.717, 1.165) is 19.4 Å². The van der Waals surface area contributed by atoms with Gasteiger partial charge in [0.25, 0.3) is 0 Å². The molecule has 2 rings (SSSR count). The van der Waals surface area contributed by atoms with Crippen LogP contribution in [-0.2, 0) is 4.74 Å². The number of hydrogen-bond donors (Lipinski definition) is 2. The number of hydrogen-bond acceptors (Lipinski definition) is 2. The van der Waals surface area contributed by atoms with Crippen molar-refractivity contribution in [3.63, 3.8) is 0 Å². The van der Waals surface area contributed by atoms with E-state index in [9.17, 15) is 0 Å². The first-order chi connectivity index (χ1) is 6.76. The quantitative estimate of drug-likeness (QED) is 0.770. The molecule has 1 aliphatic rings. The Kier molecular flexibility index (Phi) is 2.61. The zero-order valence-corrected chi connectivity index (χ0v) is 8.84. The first-order valence-corrected chi connectivity index (χ1v) is 5.21. The molecular formula is C11H18N2O. The minimum absolute atomic E-state index is 0.0559. The summed E-state index contributed by atoms with van der Waals surface area (Å²) in [4.78, 5) is 3.25. The van der Waals surface area contributed by atoms with Crippen LogP contribution in [0.1, 0.15) is 31.5 Å². The summed E-state index contributed by atoms with van der Waals surface area (Å²) in [6.45, 7) is 3.07. The van der Waals surface area contributed by atoms with Crippen molar-refractivity contribution < 1.29 is 4.74 Å². The molecule has 2 N–H and O–H groups in total. The summed E-state index contributed by atoms with van der Waals surface area (Å²) in [6, 6.07) is 4.39. The maximum atomic E-state index is 5.83. The highest BCUT2D eigenvalue weighted by molar-refractivity contribution is 5.14. The van der Waals surface area contributed by atoms with Crippen LogP contribution < -0.4 is 5.32 Å². The largest absolute Gasteiger partial charge is 0.373 e. The van der Waals surface area contributed by atoms with Gasteiger partial charge in [0.15, 0.2) is 0 Å². The van der Waals surface area contributed by atoms with Crippen LogP contribution in [0.2, 0.25) is 0 Å². The second kappa shape index (κ2) is 3.75. The van der Waals surface area contributed by atoms with Gasteiger partial charge < -0.3 is 15.0 Å². The van der Waals surface area contributed by atoms with Crippen LogP contribution in [-0.4, -0.2) is 24.2 Å². The predicted octanol–water partition coefficient (Wildman–Crippen LogP) is 1.84. The first kappa shape index (κ1) is 9.74. The van der Waals surface area contributed by atoms with Gasteiger partial charge in [0.1, 0.15) is 0 Å². The van der Waals surface area contributed by atoms with Crippen molar-refractivity contribution in [1.29, 1.82) is 0 Å². The minimum atomic E-state index is -0.0559. The molecule has 0 amide bonds. The average Bonchev–Trinajstić information content (AvgIpc) is 2.78. The Labute approximate surface area is 84.9 Å². The van der Waals surface area contributed by atoms with E-state index in [0.29, 0.717) is 0 Å². The molecule has 2 heterocycles. The van der Waals surface area contributed by atoms with Gasteiger partial charge in [-0.15, -0.1) is 0 Å². The lowest BCUT2D eigenvalue weighted by Crippen LogP contribution is -2.39. The second-order valence-corrected chi connectivity index (χ2v) is 4.11. The Bertz CT molecular complexity index is 275. The van der Waals surface area contributed by atoms with Gasteiger partial charge >= 0.3 is 0 Å². The van der Waals surface area contributed by atoms with E-state index in [1.54, 1.807) is 0 Å². The van der Waals surface area contributed by atoms with E-state index in [1.165, 1.54) is 5.69 Å². The normalized spacial score (nSPS) is 29.3. The number of likely N-dealkylation sites (N-methyl/N-ethyl adjacent to an activating group) is 1. The maximum absolute atomic E-state index is 5.83. The highest BCUT2D eigenvalue weighted by Gasteiger charge is 2.38. The zero-order chi connectivity index (χ0) is 10.0. The highest BCUT2D eigenvalue weighted by Crippen LogP contribution is 2.36. The fourth-order valence-corrected chi connectivity index (χ4v) is 2.34. The molecule has 0 aliphatic carbocycles. The standard InChI is InChI=1S/C11H18N2O/c1-11(6-4-8-14-11)10(12-2)9-5-3-7-13-9/h3,5,7,10,12-13H,4,6,8H2,1-2H3. The molecule has 3 nitrogen and oxygen atoms in total. The molecule has 1 aliphatic heterocycles. The van der Waals surface area contributed by atoms with Crippen molar-refractivity contribution in [2.24, 2.45) is 0 Å². The third-order valence-electron chi connectivity index (χ3n) is 3.08. The van der Waals surface area contributed by atoms with E-state index in [1.807, 2.05) is 19.3 Å². The van der Waals surface area contributed by atoms with E-state index in [2.05, 4.69) is 23.3 Å². The van der Waals surface area contributed by atoms with E-state index < -0.39 is 0 Å². The van der Waals surface area contributed by atoms with Crippen molar-refractivity contribution in [2.75, 3.05) is 13.7 Å². The van der Waals surface area contributed by atoms with Crippen LogP contribution in [0, 0.1) is 0 Å². The third kappa shape index (κ3) is 1.57. The Morgan fingerprint density at radius 1 is 1.64 bits per heavy atom. The molecule has 1 fully saturated rings. The number of ether oxygens (including phenoxy) is 1. The molecule has 0 radical (unpaired) electrons. The molecule has 0 aromatic carbocycles. The topological polar surface area (TPSA) is 37.0 Å². The van der Waals surface area contributed by atoms with Gasteiger partial charge in [0, 0.05) is 18.5 Å². The summed E-state index contributed by atoms with van der Waals surface area (Å²) >= 11 is 0. The van der Waals surface area contributed by atoms with Crippen LogP contribution in [0.5, 0.6) is 0 Å². The summed E-state index contributed by atoms with van der Waals surface area (Å²) in [5.41, 5.74) is 1.15. The Morgan fingerprint density at radius 2 is 2.50 bits per heavy atom. The molecular weight excluding hydrogens is 176 g/mol. The van der Waals surface area contributed by atoms with E-state index in [4.69, 9.17) is 4.74 Å². The molecule has 0 bridgehead atoms. The molecule has 0 spiro atoms. The van der Waals surface area contributed by atoms with Crippen LogP contribution in [0.3, 0.4) is 0 Å². The van der Waals surface area contributed by atoms with Crippen molar-refractivity contribution >= 4 is 0 Å². The van der Waals surface area contributed by atoms with Gasteiger partial charge in [-0.1, -0.05) is 0 Å². The Balaban J connectivity index is 2.20. The first-order valence-electron chi connectivity index (χ1n) is 5.21. The number of rotatable bonds is 3. The minimum Gasteiger partial charge on any atom is -0.373 e. The predicted molar refractivity (Wildman–Crippen MR) is 56.2 cm³/mol.